The molecule has 2 rings (SSSR count). The van der Waals surface area contributed by atoms with Gasteiger partial charge in [-0.2, -0.15) is 0 Å². The third kappa shape index (κ3) is 3.62. The van der Waals surface area contributed by atoms with Gasteiger partial charge in [0.15, 0.2) is 0 Å². The van der Waals surface area contributed by atoms with E-state index in [0.717, 1.165) is 4.88 Å². The van der Waals surface area contributed by atoms with Crippen molar-refractivity contribution >= 4 is 22.9 Å². The summed E-state index contributed by atoms with van der Waals surface area (Å²) in [5, 5.41) is 15.5. The molecule has 0 aliphatic carbocycles. The van der Waals surface area contributed by atoms with E-state index in [9.17, 15) is 14.9 Å². The van der Waals surface area contributed by atoms with Crippen LogP contribution in [0.4, 0.5) is 5.69 Å². The van der Waals surface area contributed by atoms with Crippen LogP contribution in [0, 0.1) is 10.1 Å². The van der Waals surface area contributed by atoms with Crippen LogP contribution in [0.5, 0.6) is 0 Å². The van der Waals surface area contributed by atoms with E-state index in [2.05, 4.69) is 5.32 Å². The molecule has 1 aromatic carbocycles. The molecule has 0 aliphatic rings. The van der Waals surface area contributed by atoms with Crippen molar-refractivity contribution in [3.63, 3.8) is 0 Å². The number of para-hydroxylation sites is 1. The molecule has 5 nitrogen and oxygen atoms in total. The lowest BCUT2D eigenvalue weighted by Gasteiger charge is -2.04. The lowest BCUT2D eigenvalue weighted by Crippen LogP contribution is -2.24. The summed E-state index contributed by atoms with van der Waals surface area (Å²) in [4.78, 5) is 23.2. The summed E-state index contributed by atoms with van der Waals surface area (Å²) >= 11 is 1.56. The molecule has 0 saturated heterocycles. The number of thiophene rings is 1. The first-order chi connectivity index (χ1) is 9.16. The monoisotopic (exact) mass is 276 g/mol. The molecule has 0 radical (unpaired) electrons. The summed E-state index contributed by atoms with van der Waals surface area (Å²) in [5.74, 6) is -0.220. The molecule has 0 bridgehead atoms. The Morgan fingerprint density at radius 3 is 2.74 bits per heavy atom. The van der Waals surface area contributed by atoms with Gasteiger partial charge in [0, 0.05) is 16.5 Å². The number of rotatable bonds is 5. The molecule has 0 aliphatic heterocycles. The number of nitro groups is 1. The first-order valence-electron chi connectivity index (χ1n) is 5.68. The van der Waals surface area contributed by atoms with Gasteiger partial charge in [0.1, 0.15) is 0 Å². The molecule has 6 heteroatoms. The van der Waals surface area contributed by atoms with Crippen molar-refractivity contribution in [1.82, 2.24) is 5.32 Å². The summed E-state index contributed by atoms with van der Waals surface area (Å²) in [6.07, 6.45) is 0.0164. The molecule has 1 heterocycles. The van der Waals surface area contributed by atoms with Crippen LogP contribution in [-0.4, -0.2) is 10.8 Å². The largest absolute Gasteiger partial charge is 0.351 e. The first kappa shape index (κ1) is 13.2. The zero-order chi connectivity index (χ0) is 13.7. The molecule has 0 spiro atoms. The van der Waals surface area contributed by atoms with Crippen molar-refractivity contribution in [3.8, 4) is 0 Å². The van der Waals surface area contributed by atoms with Gasteiger partial charge in [-0.15, -0.1) is 11.3 Å². The standard InChI is InChI=1S/C13H12N2O3S/c16-13(14-9-11-5-3-7-19-11)8-10-4-1-2-6-12(10)15(17)18/h1-7H,8-9H2,(H,14,16). The predicted octanol–water partition coefficient (Wildman–Crippen LogP) is 2.52. The van der Waals surface area contributed by atoms with Crippen molar-refractivity contribution in [3.05, 3.63) is 62.3 Å². The second-order valence-corrected chi connectivity index (χ2v) is 4.95. The quantitative estimate of drug-likeness (QED) is 0.673. The number of hydrogen-bond acceptors (Lipinski definition) is 4. The third-order valence-corrected chi connectivity index (χ3v) is 3.46. The van der Waals surface area contributed by atoms with Crippen LogP contribution in [0.1, 0.15) is 10.4 Å². The van der Waals surface area contributed by atoms with E-state index in [1.165, 1.54) is 6.07 Å². The Kier molecular flexibility index (Phi) is 4.25. The summed E-state index contributed by atoms with van der Waals surface area (Å²) in [6.45, 7) is 0.455. The highest BCUT2D eigenvalue weighted by Gasteiger charge is 2.15. The Morgan fingerprint density at radius 1 is 1.26 bits per heavy atom. The minimum absolute atomic E-state index is 0.0164. The topological polar surface area (TPSA) is 72.2 Å². The minimum Gasteiger partial charge on any atom is -0.351 e. The van der Waals surface area contributed by atoms with E-state index < -0.39 is 4.92 Å². The molecular weight excluding hydrogens is 264 g/mol. The molecule has 0 fully saturated rings. The highest BCUT2D eigenvalue weighted by atomic mass is 32.1. The number of amides is 1. The third-order valence-electron chi connectivity index (χ3n) is 2.58. The molecule has 19 heavy (non-hydrogen) atoms. The lowest BCUT2D eigenvalue weighted by atomic mass is 10.1. The average Bonchev–Trinajstić information content (AvgIpc) is 2.90. The Balaban J connectivity index is 1.97. The van der Waals surface area contributed by atoms with Gasteiger partial charge in [0.2, 0.25) is 5.91 Å². The Hall–Kier alpha value is -2.21. The van der Waals surface area contributed by atoms with Crippen LogP contribution in [0.2, 0.25) is 0 Å². The highest BCUT2D eigenvalue weighted by molar-refractivity contribution is 7.09. The van der Waals surface area contributed by atoms with E-state index >= 15 is 0 Å². The van der Waals surface area contributed by atoms with Crippen molar-refractivity contribution in [2.45, 2.75) is 13.0 Å². The molecule has 2 aromatic rings. The van der Waals surface area contributed by atoms with Crippen LogP contribution in [-0.2, 0) is 17.8 Å². The van der Waals surface area contributed by atoms with Crippen LogP contribution in [0.15, 0.2) is 41.8 Å². The summed E-state index contributed by atoms with van der Waals surface area (Å²) < 4.78 is 0. The van der Waals surface area contributed by atoms with Gasteiger partial charge in [-0.25, -0.2) is 0 Å². The van der Waals surface area contributed by atoms with Crippen molar-refractivity contribution in [2.24, 2.45) is 0 Å². The zero-order valence-corrected chi connectivity index (χ0v) is 10.9. The van der Waals surface area contributed by atoms with Crippen LogP contribution in [0.25, 0.3) is 0 Å². The molecule has 98 valence electrons. The first-order valence-corrected chi connectivity index (χ1v) is 6.56. The van der Waals surface area contributed by atoms with E-state index in [4.69, 9.17) is 0 Å². The van der Waals surface area contributed by atoms with Gasteiger partial charge in [0.05, 0.1) is 17.9 Å². The summed E-state index contributed by atoms with van der Waals surface area (Å²) in [5.41, 5.74) is 0.407. The van der Waals surface area contributed by atoms with Gasteiger partial charge < -0.3 is 5.32 Å². The Morgan fingerprint density at radius 2 is 2.05 bits per heavy atom. The second kappa shape index (κ2) is 6.10. The van der Waals surface area contributed by atoms with Gasteiger partial charge in [0.25, 0.3) is 5.69 Å². The average molecular weight is 276 g/mol. The van der Waals surface area contributed by atoms with E-state index in [1.54, 1.807) is 29.5 Å². The lowest BCUT2D eigenvalue weighted by molar-refractivity contribution is -0.385. The SMILES string of the molecule is O=C(Cc1ccccc1[N+](=O)[O-])NCc1cccs1. The zero-order valence-electron chi connectivity index (χ0n) is 10.0. The number of nitrogens with zero attached hydrogens (tertiary/aromatic N) is 1. The maximum Gasteiger partial charge on any atom is 0.273 e. The van der Waals surface area contributed by atoms with E-state index in [0.29, 0.717) is 12.1 Å². The van der Waals surface area contributed by atoms with Crippen LogP contribution in [0.3, 0.4) is 0 Å². The van der Waals surface area contributed by atoms with Crippen LogP contribution >= 0.6 is 11.3 Å². The van der Waals surface area contributed by atoms with Gasteiger partial charge in [-0.1, -0.05) is 24.3 Å². The fourth-order valence-electron chi connectivity index (χ4n) is 1.67. The molecule has 1 amide bonds. The number of benzene rings is 1. The Bertz CT molecular complexity index is 581. The molecule has 0 unspecified atom stereocenters. The van der Waals surface area contributed by atoms with Crippen molar-refractivity contribution < 1.29 is 9.72 Å². The number of carbonyl (C=O) groups is 1. The highest BCUT2D eigenvalue weighted by Crippen LogP contribution is 2.18. The van der Waals surface area contributed by atoms with Gasteiger partial charge in [-0.05, 0) is 11.4 Å². The fraction of sp³-hybridized carbons (Fsp3) is 0.154. The number of carbonyl (C=O) groups excluding carboxylic acids is 1. The summed E-state index contributed by atoms with van der Waals surface area (Å²) in [6, 6.07) is 10.1. The maximum absolute atomic E-state index is 11.8. The van der Waals surface area contributed by atoms with Crippen molar-refractivity contribution in [2.75, 3.05) is 0 Å². The second-order valence-electron chi connectivity index (χ2n) is 3.92. The normalized spacial score (nSPS) is 10.1. The minimum atomic E-state index is -0.470. The predicted molar refractivity (Wildman–Crippen MR) is 73.0 cm³/mol. The van der Waals surface area contributed by atoms with Crippen LogP contribution < -0.4 is 5.32 Å². The van der Waals surface area contributed by atoms with E-state index in [1.807, 2.05) is 17.5 Å². The molecule has 0 atom stereocenters. The Labute approximate surface area is 114 Å². The van der Waals surface area contributed by atoms with Gasteiger partial charge >= 0.3 is 0 Å². The number of nitrogens with one attached hydrogen (secondary N) is 1. The fourth-order valence-corrected chi connectivity index (χ4v) is 2.32. The number of nitro benzene ring substituents is 1. The van der Waals surface area contributed by atoms with Crippen molar-refractivity contribution in [1.29, 1.82) is 0 Å². The molecule has 1 N–H and O–H groups in total. The molecular formula is C13H12N2O3S. The van der Waals surface area contributed by atoms with E-state index in [-0.39, 0.29) is 18.0 Å². The molecule has 1 aromatic heterocycles. The van der Waals surface area contributed by atoms with Gasteiger partial charge in [-0.3, -0.25) is 14.9 Å². The molecule has 0 saturated carbocycles. The summed E-state index contributed by atoms with van der Waals surface area (Å²) in [7, 11) is 0. The number of hydrogen-bond donors (Lipinski definition) is 1. The maximum atomic E-state index is 11.8. The smallest absolute Gasteiger partial charge is 0.273 e.